The maximum Gasteiger partial charge on any atom is 0.139 e. The van der Waals surface area contributed by atoms with Gasteiger partial charge in [0.1, 0.15) is 12.4 Å². The summed E-state index contributed by atoms with van der Waals surface area (Å²) in [5, 5.41) is 11.5. The van der Waals surface area contributed by atoms with Gasteiger partial charge in [-0.25, -0.2) is 0 Å². The van der Waals surface area contributed by atoms with Gasteiger partial charge in [-0.3, -0.25) is 4.84 Å². The summed E-state index contributed by atoms with van der Waals surface area (Å²) in [5.41, 5.74) is 0. The molecular formula is C11H19NO3. The number of aldehydes is 1. The number of aliphatic hydroxyl groups excluding tert-OH is 1. The van der Waals surface area contributed by atoms with Crippen molar-refractivity contribution in [2.45, 2.75) is 56.8 Å². The summed E-state index contributed by atoms with van der Waals surface area (Å²) in [6, 6.07) is -0.0980. The number of hydrogen-bond acceptors (Lipinski definition) is 4. The first-order chi connectivity index (χ1) is 7.31. The van der Waals surface area contributed by atoms with Crippen LogP contribution in [0.3, 0.4) is 0 Å². The number of hydroxylamine groups is 2. The lowest BCUT2D eigenvalue weighted by molar-refractivity contribution is -0.232. The molecule has 1 saturated heterocycles. The van der Waals surface area contributed by atoms with E-state index in [9.17, 15) is 9.90 Å². The Bertz CT molecular complexity index is 222. The van der Waals surface area contributed by atoms with Crippen molar-refractivity contribution in [2.75, 3.05) is 6.54 Å². The highest BCUT2D eigenvalue weighted by Gasteiger charge is 2.31. The van der Waals surface area contributed by atoms with E-state index in [-0.39, 0.29) is 18.2 Å². The SMILES string of the molecule is O=C[C@@H]1CCCN1O[C@H]1CCCC[C@H]1O. The molecule has 1 aliphatic heterocycles. The quantitative estimate of drug-likeness (QED) is 0.707. The van der Waals surface area contributed by atoms with Gasteiger partial charge in [-0.1, -0.05) is 12.8 Å². The summed E-state index contributed by atoms with van der Waals surface area (Å²) < 4.78 is 0. The number of aliphatic hydroxyl groups is 1. The fraction of sp³-hybridized carbons (Fsp3) is 0.909. The molecule has 1 aliphatic carbocycles. The Labute approximate surface area is 90.2 Å². The van der Waals surface area contributed by atoms with Crippen LogP contribution in [-0.2, 0) is 9.63 Å². The zero-order chi connectivity index (χ0) is 10.7. The molecule has 4 nitrogen and oxygen atoms in total. The van der Waals surface area contributed by atoms with E-state index in [2.05, 4.69) is 0 Å². The van der Waals surface area contributed by atoms with Gasteiger partial charge >= 0.3 is 0 Å². The van der Waals surface area contributed by atoms with Crippen LogP contribution >= 0.6 is 0 Å². The molecule has 0 bridgehead atoms. The first kappa shape index (κ1) is 11.0. The second kappa shape index (κ2) is 5.05. The number of carbonyl (C=O) groups is 1. The van der Waals surface area contributed by atoms with E-state index in [4.69, 9.17) is 4.84 Å². The Morgan fingerprint density at radius 3 is 2.73 bits per heavy atom. The fourth-order valence-corrected chi connectivity index (χ4v) is 2.41. The molecule has 0 aromatic heterocycles. The van der Waals surface area contributed by atoms with Crippen molar-refractivity contribution in [3.05, 3.63) is 0 Å². The molecule has 2 rings (SSSR count). The highest BCUT2D eigenvalue weighted by molar-refractivity contribution is 5.57. The molecule has 4 heteroatoms. The Balaban J connectivity index is 1.86. The van der Waals surface area contributed by atoms with Crippen LogP contribution in [0.15, 0.2) is 0 Å². The van der Waals surface area contributed by atoms with Crippen LogP contribution in [-0.4, -0.2) is 41.3 Å². The van der Waals surface area contributed by atoms with Gasteiger partial charge in [-0.15, -0.1) is 0 Å². The average Bonchev–Trinajstić information content (AvgIpc) is 2.69. The van der Waals surface area contributed by atoms with E-state index in [1.807, 2.05) is 0 Å². The third-order valence-electron chi connectivity index (χ3n) is 3.34. The van der Waals surface area contributed by atoms with Crippen LogP contribution in [0.25, 0.3) is 0 Å². The van der Waals surface area contributed by atoms with E-state index in [0.29, 0.717) is 0 Å². The molecule has 86 valence electrons. The van der Waals surface area contributed by atoms with Crippen LogP contribution in [0.2, 0.25) is 0 Å². The molecule has 15 heavy (non-hydrogen) atoms. The fourth-order valence-electron chi connectivity index (χ4n) is 2.41. The minimum Gasteiger partial charge on any atom is -0.390 e. The second-order valence-electron chi connectivity index (χ2n) is 4.48. The highest BCUT2D eigenvalue weighted by atomic mass is 16.7. The number of hydrogen-bond donors (Lipinski definition) is 1. The summed E-state index contributed by atoms with van der Waals surface area (Å²) in [6.45, 7) is 0.812. The maximum atomic E-state index is 10.8. The first-order valence-corrected chi connectivity index (χ1v) is 5.88. The molecule has 1 heterocycles. The van der Waals surface area contributed by atoms with Crippen molar-refractivity contribution in [2.24, 2.45) is 0 Å². The lowest BCUT2D eigenvalue weighted by Crippen LogP contribution is -2.41. The minimum atomic E-state index is -0.355. The Kier molecular flexibility index (Phi) is 3.72. The van der Waals surface area contributed by atoms with E-state index in [0.717, 1.165) is 51.4 Å². The van der Waals surface area contributed by atoms with Gasteiger partial charge < -0.3 is 9.90 Å². The lowest BCUT2D eigenvalue weighted by Gasteiger charge is -2.32. The smallest absolute Gasteiger partial charge is 0.139 e. The minimum absolute atomic E-state index is 0.0979. The van der Waals surface area contributed by atoms with Gasteiger partial charge in [-0.05, 0) is 25.7 Å². The predicted octanol–water partition coefficient (Wildman–Crippen LogP) is 0.885. The summed E-state index contributed by atoms with van der Waals surface area (Å²) >= 11 is 0. The first-order valence-electron chi connectivity index (χ1n) is 5.88. The van der Waals surface area contributed by atoms with E-state index in [1.54, 1.807) is 5.06 Å². The summed E-state index contributed by atoms with van der Waals surface area (Å²) in [6.07, 6.45) is 6.30. The van der Waals surface area contributed by atoms with Gasteiger partial charge in [-0.2, -0.15) is 5.06 Å². The van der Waals surface area contributed by atoms with Gasteiger partial charge in [0, 0.05) is 6.54 Å². The topological polar surface area (TPSA) is 49.8 Å². The third-order valence-corrected chi connectivity index (χ3v) is 3.34. The Hall–Kier alpha value is -0.450. The number of rotatable bonds is 3. The summed E-state index contributed by atoms with van der Waals surface area (Å²) in [4.78, 5) is 16.5. The molecular weight excluding hydrogens is 194 g/mol. The van der Waals surface area contributed by atoms with Crippen molar-refractivity contribution in [3.8, 4) is 0 Å². The Morgan fingerprint density at radius 1 is 1.20 bits per heavy atom. The lowest BCUT2D eigenvalue weighted by atomic mass is 9.95. The summed E-state index contributed by atoms with van der Waals surface area (Å²) in [5.74, 6) is 0. The van der Waals surface area contributed by atoms with Crippen LogP contribution in [0.5, 0.6) is 0 Å². The predicted molar refractivity (Wildman–Crippen MR) is 55.1 cm³/mol. The second-order valence-corrected chi connectivity index (χ2v) is 4.48. The molecule has 2 fully saturated rings. The van der Waals surface area contributed by atoms with E-state index in [1.165, 1.54) is 0 Å². The zero-order valence-corrected chi connectivity index (χ0v) is 8.97. The van der Waals surface area contributed by atoms with Crippen LogP contribution in [0.1, 0.15) is 38.5 Å². The third kappa shape index (κ3) is 2.56. The molecule has 1 saturated carbocycles. The molecule has 0 aromatic rings. The van der Waals surface area contributed by atoms with Crippen molar-refractivity contribution in [1.29, 1.82) is 0 Å². The standard InChI is InChI=1S/C11H19NO3/c13-8-9-4-3-7-12(9)15-11-6-2-1-5-10(11)14/h8-11,14H,1-7H2/t9-,10+,11-/m0/s1. The monoisotopic (exact) mass is 213 g/mol. The van der Waals surface area contributed by atoms with Crippen LogP contribution < -0.4 is 0 Å². The van der Waals surface area contributed by atoms with Crippen molar-refractivity contribution >= 4 is 6.29 Å². The molecule has 1 N–H and O–H groups in total. The molecule has 2 aliphatic rings. The average molecular weight is 213 g/mol. The molecule has 3 atom stereocenters. The van der Waals surface area contributed by atoms with Gasteiger partial charge in [0.05, 0.1) is 12.1 Å². The summed E-state index contributed by atoms with van der Waals surface area (Å²) in [7, 11) is 0. The van der Waals surface area contributed by atoms with Gasteiger partial charge in [0.25, 0.3) is 0 Å². The normalized spacial score (nSPS) is 38.1. The largest absolute Gasteiger partial charge is 0.390 e. The molecule has 0 aromatic carbocycles. The van der Waals surface area contributed by atoms with Gasteiger partial charge in [0.15, 0.2) is 0 Å². The number of nitrogens with zero attached hydrogens (tertiary/aromatic N) is 1. The van der Waals surface area contributed by atoms with E-state index >= 15 is 0 Å². The highest BCUT2D eigenvalue weighted by Crippen LogP contribution is 2.25. The van der Waals surface area contributed by atoms with Crippen molar-refractivity contribution in [1.82, 2.24) is 5.06 Å². The van der Waals surface area contributed by atoms with E-state index < -0.39 is 0 Å². The van der Waals surface area contributed by atoms with Crippen molar-refractivity contribution < 1.29 is 14.7 Å². The van der Waals surface area contributed by atoms with Crippen LogP contribution in [0, 0.1) is 0 Å². The molecule has 0 spiro atoms. The molecule has 0 unspecified atom stereocenters. The zero-order valence-electron chi connectivity index (χ0n) is 8.97. The Morgan fingerprint density at radius 2 is 2.00 bits per heavy atom. The molecule has 0 radical (unpaired) electrons. The maximum absolute atomic E-state index is 10.8. The van der Waals surface area contributed by atoms with Gasteiger partial charge in [0.2, 0.25) is 0 Å². The van der Waals surface area contributed by atoms with Crippen LogP contribution in [0.4, 0.5) is 0 Å². The van der Waals surface area contributed by atoms with Crippen molar-refractivity contribution in [3.63, 3.8) is 0 Å². The molecule has 0 amide bonds. The number of carbonyl (C=O) groups excluding carboxylic acids is 1.